The molecular formula is C14H22ClN4+. The average molecular weight is 282 g/mol. The number of nitrogens with one attached hydrogen (secondary N) is 1. The van der Waals surface area contributed by atoms with E-state index in [-0.39, 0.29) is 0 Å². The smallest absolute Gasteiger partial charge is 0.248 e. The first kappa shape index (κ1) is 15.4. The van der Waals surface area contributed by atoms with E-state index in [4.69, 9.17) is 5.73 Å². The first-order chi connectivity index (χ1) is 9.17. The topological polar surface area (TPSA) is 46.9 Å². The third kappa shape index (κ3) is 3.20. The molecule has 0 unspecified atom stereocenters. The van der Waals surface area contributed by atoms with E-state index < -0.39 is 0 Å². The Labute approximate surface area is 119 Å². The average Bonchev–Trinajstić information content (AvgIpc) is 2.86. The summed E-state index contributed by atoms with van der Waals surface area (Å²) in [5.74, 6) is 0. The molecule has 1 aromatic heterocycles. The van der Waals surface area contributed by atoms with Gasteiger partial charge in [0.25, 0.3) is 0 Å². The second-order valence-corrected chi connectivity index (χ2v) is 4.13. The Bertz CT molecular complexity index is 534. The maximum absolute atomic E-state index is 6.09. The van der Waals surface area contributed by atoms with Crippen LogP contribution in [-0.2, 0) is 13.5 Å². The lowest BCUT2D eigenvalue weighted by Gasteiger charge is -2.12. The number of imidazole rings is 1. The first-order valence-corrected chi connectivity index (χ1v) is 6.93. The van der Waals surface area contributed by atoms with Crippen molar-refractivity contribution in [1.29, 1.82) is 0 Å². The summed E-state index contributed by atoms with van der Waals surface area (Å²) in [4.78, 5) is 0. The van der Waals surface area contributed by atoms with Crippen LogP contribution in [0.1, 0.15) is 12.5 Å². The van der Waals surface area contributed by atoms with Gasteiger partial charge in [0.15, 0.2) is 5.69 Å². The van der Waals surface area contributed by atoms with Gasteiger partial charge in [-0.25, -0.2) is 4.57 Å². The SMILES string of the molecule is CCc1ccc(N)c(-n2cc[n+](C)c2)c1NC.CCl. The standard InChI is InChI=1S/C13H19N4.CH3Cl/c1-4-10-5-6-11(14)13(12(10)15-2)17-8-7-16(3)9-17;1-2/h5-9,15H,4,14H2,1-3H3;1H3/q+1;. The van der Waals surface area contributed by atoms with E-state index in [2.05, 4.69) is 29.9 Å². The maximum atomic E-state index is 6.09. The fourth-order valence-electron chi connectivity index (χ4n) is 2.08. The van der Waals surface area contributed by atoms with Gasteiger partial charge in [0.05, 0.1) is 18.4 Å². The van der Waals surface area contributed by atoms with Crippen molar-refractivity contribution in [3.05, 3.63) is 36.4 Å². The zero-order valence-corrected chi connectivity index (χ0v) is 12.7. The molecule has 0 fully saturated rings. The summed E-state index contributed by atoms with van der Waals surface area (Å²) >= 11 is 4.64. The number of hydrogen-bond acceptors (Lipinski definition) is 2. The molecule has 0 aliphatic heterocycles. The minimum Gasteiger partial charge on any atom is -0.395 e. The van der Waals surface area contributed by atoms with Crippen LogP contribution in [0.2, 0.25) is 0 Å². The van der Waals surface area contributed by atoms with Gasteiger partial charge in [-0.3, -0.25) is 0 Å². The number of anilines is 2. The fourth-order valence-corrected chi connectivity index (χ4v) is 2.08. The molecule has 0 radical (unpaired) electrons. The molecule has 0 aliphatic carbocycles. The number of nitrogens with zero attached hydrogens (tertiary/aromatic N) is 2. The van der Waals surface area contributed by atoms with Gasteiger partial charge in [0.2, 0.25) is 6.33 Å². The summed E-state index contributed by atoms with van der Waals surface area (Å²) in [7, 11) is 3.93. The van der Waals surface area contributed by atoms with Crippen LogP contribution in [0, 0.1) is 0 Å². The van der Waals surface area contributed by atoms with Crippen molar-refractivity contribution >= 4 is 23.0 Å². The second kappa shape index (κ2) is 7.04. The number of aromatic nitrogens is 2. The predicted octanol–water partition coefficient (Wildman–Crippen LogP) is 2.34. The highest BCUT2D eigenvalue weighted by molar-refractivity contribution is 6.15. The lowest BCUT2D eigenvalue weighted by atomic mass is 10.1. The van der Waals surface area contributed by atoms with Gasteiger partial charge in [0, 0.05) is 13.4 Å². The summed E-state index contributed by atoms with van der Waals surface area (Å²) in [5.41, 5.74) is 10.3. The number of rotatable bonds is 3. The van der Waals surface area contributed by atoms with Crippen molar-refractivity contribution < 1.29 is 4.57 Å². The van der Waals surface area contributed by atoms with Crippen LogP contribution >= 0.6 is 11.6 Å². The summed E-state index contributed by atoms with van der Waals surface area (Å²) < 4.78 is 4.04. The van der Waals surface area contributed by atoms with E-state index in [1.165, 1.54) is 11.9 Å². The molecule has 2 rings (SSSR count). The van der Waals surface area contributed by atoms with Crippen LogP contribution < -0.4 is 15.6 Å². The van der Waals surface area contributed by atoms with Crippen molar-refractivity contribution in [2.75, 3.05) is 24.5 Å². The molecule has 2 aromatic rings. The lowest BCUT2D eigenvalue weighted by molar-refractivity contribution is -0.670. The van der Waals surface area contributed by atoms with E-state index in [9.17, 15) is 0 Å². The van der Waals surface area contributed by atoms with E-state index in [1.54, 1.807) is 0 Å². The van der Waals surface area contributed by atoms with Crippen LogP contribution in [0.3, 0.4) is 0 Å². The minimum absolute atomic E-state index is 0.780. The Hall–Kier alpha value is -1.68. The highest BCUT2D eigenvalue weighted by atomic mass is 35.5. The second-order valence-electron chi connectivity index (χ2n) is 4.13. The molecule has 0 atom stereocenters. The van der Waals surface area contributed by atoms with Crippen LogP contribution in [-0.4, -0.2) is 18.0 Å². The molecule has 0 bridgehead atoms. The largest absolute Gasteiger partial charge is 0.395 e. The van der Waals surface area contributed by atoms with Gasteiger partial charge < -0.3 is 11.1 Å². The van der Waals surface area contributed by atoms with Gasteiger partial charge in [-0.15, -0.1) is 11.6 Å². The Kier molecular flexibility index (Phi) is 5.70. The highest BCUT2D eigenvalue weighted by Crippen LogP contribution is 2.30. The van der Waals surface area contributed by atoms with Crippen molar-refractivity contribution in [3.8, 4) is 5.69 Å². The predicted molar refractivity (Wildman–Crippen MR) is 82.1 cm³/mol. The van der Waals surface area contributed by atoms with E-state index in [0.29, 0.717) is 0 Å². The molecule has 0 amide bonds. The number of alkyl halides is 1. The van der Waals surface area contributed by atoms with Gasteiger partial charge in [-0.1, -0.05) is 13.0 Å². The summed E-state index contributed by atoms with van der Waals surface area (Å²) in [5, 5.41) is 3.25. The Morgan fingerprint density at radius 3 is 2.53 bits per heavy atom. The van der Waals surface area contributed by atoms with Crippen LogP contribution in [0.5, 0.6) is 0 Å². The summed E-state index contributed by atoms with van der Waals surface area (Å²) in [6, 6.07) is 4.04. The van der Waals surface area contributed by atoms with Gasteiger partial charge in [-0.2, -0.15) is 4.57 Å². The molecule has 0 spiro atoms. The van der Waals surface area contributed by atoms with E-state index >= 15 is 0 Å². The zero-order chi connectivity index (χ0) is 14.4. The molecule has 104 valence electrons. The van der Waals surface area contributed by atoms with Crippen molar-refractivity contribution in [3.63, 3.8) is 0 Å². The molecule has 4 nitrogen and oxygen atoms in total. The molecule has 5 heteroatoms. The van der Waals surface area contributed by atoms with Crippen LogP contribution in [0.25, 0.3) is 5.69 Å². The molecule has 19 heavy (non-hydrogen) atoms. The monoisotopic (exact) mass is 281 g/mol. The number of nitrogens with two attached hydrogens (primary N) is 1. The third-order valence-corrected chi connectivity index (χ3v) is 2.95. The Balaban J connectivity index is 0.000000861. The van der Waals surface area contributed by atoms with Gasteiger partial charge in [-0.05, 0) is 18.1 Å². The van der Waals surface area contributed by atoms with Crippen molar-refractivity contribution in [1.82, 2.24) is 4.57 Å². The normalized spacial score (nSPS) is 9.74. The highest BCUT2D eigenvalue weighted by Gasteiger charge is 2.16. The number of halogens is 1. The minimum atomic E-state index is 0.780. The number of aryl methyl sites for hydroxylation is 2. The molecule has 0 saturated heterocycles. The number of hydrogen-bond donors (Lipinski definition) is 2. The van der Waals surface area contributed by atoms with E-state index in [1.807, 2.05) is 48.0 Å². The number of nitrogen functional groups attached to an aromatic ring is 1. The quantitative estimate of drug-likeness (QED) is 0.515. The molecule has 1 heterocycles. The maximum Gasteiger partial charge on any atom is 0.248 e. The molecule has 1 aromatic carbocycles. The number of benzene rings is 1. The zero-order valence-electron chi connectivity index (χ0n) is 11.9. The lowest BCUT2D eigenvalue weighted by Crippen LogP contribution is -2.23. The first-order valence-electron chi connectivity index (χ1n) is 6.17. The molecular weight excluding hydrogens is 260 g/mol. The molecule has 3 N–H and O–H groups in total. The Morgan fingerprint density at radius 1 is 1.37 bits per heavy atom. The fraction of sp³-hybridized carbons (Fsp3) is 0.357. The van der Waals surface area contributed by atoms with Crippen LogP contribution in [0.4, 0.5) is 11.4 Å². The third-order valence-electron chi connectivity index (χ3n) is 2.95. The molecule has 0 aliphatic rings. The van der Waals surface area contributed by atoms with Gasteiger partial charge >= 0.3 is 0 Å². The van der Waals surface area contributed by atoms with Crippen LogP contribution in [0.15, 0.2) is 30.9 Å². The van der Waals surface area contributed by atoms with Gasteiger partial charge in [0.1, 0.15) is 12.4 Å². The summed E-state index contributed by atoms with van der Waals surface area (Å²) in [6.07, 6.45) is 8.46. The van der Waals surface area contributed by atoms with Crippen molar-refractivity contribution in [2.45, 2.75) is 13.3 Å². The van der Waals surface area contributed by atoms with E-state index in [0.717, 1.165) is 23.5 Å². The Morgan fingerprint density at radius 2 is 2.05 bits per heavy atom. The van der Waals surface area contributed by atoms with Crippen molar-refractivity contribution in [2.24, 2.45) is 7.05 Å². The summed E-state index contributed by atoms with van der Waals surface area (Å²) in [6.45, 7) is 2.14. The molecule has 0 saturated carbocycles.